The van der Waals surface area contributed by atoms with E-state index in [1.54, 1.807) is 0 Å². The maximum absolute atomic E-state index is 13.6. The minimum absolute atomic E-state index is 0.160. The minimum atomic E-state index is -6.30. The molecule has 0 amide bonds. The van der Waals surface area contributed by atoms with E-state index in [-0.39, 0.29) is 6.61 Å². The van der Waals surface area contributed by atoms with Crippen molar-refractivity contribution in [2.24, 2.45) is 0 Å². The summed E-state index contributed by atoms with van der Waals surface area (Å²) in [6, 6.07) is 0. The van der Waals surface area contributed by atoms with Gasteiger partial charge in [0.1, 0.15) is 13.2 Å². The summed E-state index contributed by atoms with van der Waals surface area (Å²) in [6.07, 6.45) is 31.3. The van der Waals surface area contributed by atoms with Gasteiger partial charge in [-0.05, 0) is 53.6 Å². The standard InChI is InChI=1S/C25H46F8O2Si.C18H38O.C8H20O4Si.C5H4F8O/c1-4-5-6-7-8-9-10-11-12-13-14-15-16-17-18-19-20-34-36(2,3)35-21-23(28,29)25(32,33)24(30,31)22(26)27;1-2-3-4-5-6-7-8-9-10-11-12-13-14-15-16-17-18-19;1-5-9-13(10-6-2,11-7-3)12-8-4;6-2(7)4(10,11)5(12,13)3(8,9)1-14/h22H,4-21H2,1-3H3;19H,2-18H2,1H3;5-8H2,1-4H3;2,14H,1H2. The fourth-order valence-corrected chi connectivity index (χ4v) is 11.0. The SMILES string of the molecule is CCCCCCCCCCCCCCCCCCO.CCCCCCCCCCCCCCCCCCO[Si](C)(C)OCC(F)(F)C(F)(F)C(F)(F)C(F)F.CCO[Si](OCC)(OCC)OCC.OCC(F)(F)C(F)(F)C(F)(F)C(F)F. The molecule has 0 atom stereocenters. The van der Waals surface area contributed by atoms with Gasteiger partial charge in [-0.15, -0.1) is 0 Å². The Morgan fingerprint density at radius 1 is 0.329 bits per heavy atom. The third-order valence-electron chi connectivity index (χ3n) is 12.8. The molecule has 0 aliphatic carbocycles. The van der Waals surface area contributed by atoms with Crippen molar-refractivity contribution in [2.45, 2.75) is 308 Å². The van der Waals surface area contributed by atoms with Gasteiger partial charge in [0, 0.05) is 39.6 Å². The molecule has 0 radical (unpaired) electrons. The molecule has 8 nitrogen and oxygen atoms in total. The quantitative estimate of drug-likeness (QED) is 0.0353. The average molecular weight is 1270 g/mol. The third-order valence-corrected chi connectivity index (χ3v) is 17.2. The molecule has 82 heavy (non-hydrogen) atoms. The second kappa shape index (κ2) is 50.9. The number of rotatable bonds is 52. The minimum Gasteiger partial charge on any atom is -0.396 e. The maximum Gasteiger partial charge on any atom is 0.679 e. The van der Waals surface area contributed by atoms with Gasteiger partial charge in [0.25, 0.3) is 0 Å². The highest BCUT2D eigenvalue weighted by molar-refractivity contribution is 6.64. The van der Waals surface area contributed by atoms with Crippen LogP contribution in [0.4, 0.5) is 70.2 Å². The lowest BCUT2D eigenvalue weighted by atomic mass is 10.0. The van der Waals surface area contributed by atoms with Crippen molar-refractivity contribution < 1.29 is 107 Å². The van der Waals surface area contributed by atoms with E-state index in [9.17, 15) is 70.2 Å². The smallest absolute Gasteiger partial charge is 0.396 e. The van der Waals surface area contributed by atoms with Gasteiger partial charge in [-0.2, -0.15) is 52.7 Å². The van der Waals surface area contributed by atoms with Gasteiger partial charge in [-0.3, -0.25) is 0 Å². The Labute approximate surface area is 484 Å². The van der Waals surface area contributed by atoms with Crippen LogP contribution in [0.25, 0.3) is 0 Å². The summed E-state index contributed by atoms with van der Waals surface area (Å²) < 4.78 is 230. The highest BCUT2D eigenvalue weighted by Gasteiger charge is 2.76. The second-order valence-corrected chi connectivity index (χ2v) is 26.2. The van der Waals surface area contributed by atoms with E-state index in [0.29, 0.717) is 39.5 Å². The summed E-state index contributed by atoms with van der Waals surface area (Å²) in [5.74, 6) is -36.0. The van der Waals surface area contributed by atoms with Gasteiger partial charge in [-0.25, -0.2) is 17.6 Å². The predicted molar refractivity (Wildman–Crippen MR) is 297 cm³/mol. The molecule has 0 aromatic rings. The maximum atomic E-state index is 13.6. The number of hydrogen-bond donors (Lipinski definition) is 2. The topological polar surface area (TPSA) is 95.8 Å². The molecule has 0 rings (SSSR count). The lowest BCUT2D eigenvalue weighted by molar-refractivity contribution is -0.343. The lowest BCUT2D eigenvalue weighted by Gasteiger charge is -2.34. The Kier molecular flexibility index (Phi) is 54.3. The van der Waals surface area contributed by atoms with Crippen LogP contribution >= 0.6 is 0 Å². The number of halogens is 16. The van der Waals surface area contributed by atoms with Gasteiger partial charge in [-0.1, -0.05) is 206 Å². The van der Waals surface area contributed by atoms with Crippen LogP contribution < -0.4 is 0 Å². The van der Waals surface area contributed by atoms with Crippen LogP contribution in [-0.2, 0) is 26.6 Å². The van der Waals surface area contributed by atoms with Crippen LogP contribution in [0.2, 0.25) is 13.1 Å². The Morgan fingerprint density at radius 2 is 0.573 bits per heavy atom. The van der Waals surface area contributed by atoms with E-state index in [1.807, 2.05) is 27.7 Å². The van der Waals surface area contributed by atoms with Crippen molar-refractivity contribution in [1.82, 2.24) is 0 Å². The molecule has 0 aromatic carbocycles. The van der Waals surface area contributed by atoms with Crippen molar-refractivity contribution in [2.75, 3.05) is 52.9 Å². The van der Waals surface area contributed by atoms with E-state index in [4.69, 9.17) is 36.8 Å². The van der Waals surface area contributed by atoms with Crippen LogP contribution in [0.3, 0.4) is 0 Å². The zero-order valence-corrected chi connectivity index (χ0v) is 52.8. The Bertz CT molecular complexity index is 1360. The molecule has 0 fully saturated rings. The monoisotopic (exact) mass is 1270 g/mol. The molecule has 500 valence electrons. The fraction of sp³-hybridized carbons (Fsp3) is 1.00. The summed E-state index contributed by atoms with van der Waals surface area (Å²) in [5.41, 5.74) is 0. The number of aliphatic hydroxyl groups is 2. The van der Waals surface area contributed by atoms with Crippen molar-refractivity contribution in [3.05, 3.63) is 0 Å². The molecule has 0 aliphatic rings. The first kappa shape index (κ1) is 87.4. The van der Waals surface area contributed by atoms with E-state index in [1.165, 1.54) is 180 Å². The molecule has 26 heteroatoms. The molecule has 0 unspecified atom stereocenters. The normalized spacial score (nSPS) is 13.0. The summed E-state index contributed by atoms with van der Waals surface area (Å²) >= 11 is 0. The van der Waals surface area contributed by atoms with Crippen LogP contribution in [0, 0.1) is 0 Å². The lowest BCUT2D eigenvalue weighted by Crippen LogP contribution is -2.60. The van der Waals surface area contributed by atoms with E-state index in [2.05, 4.69) is 13.8 Å². The van der Waals surface area contributed by atoms with E-state index >= 15 is 0 Å². The molecule has 0 saturated heterocycles. The first-order valence-electron chi connectivity index (χ1n) is 30.3. The molecule has 0 aromatic heterocycles. The number of unbranched alkanes of at least 4 members (excludes halogenated alkanes) is 30. The molecule has 0 bridgehead atoms. The molecule has 0 aliphatic heterocycles. The highest BCUT2D eigenvalue weighted by atomic mass is 28.4. The van der Waals surface area contributed by atoms with Crippen LogP contribution in [-0.4, -0.2) is 129 Å². The van der Waals surface area contributed by atoms with Crippen LogP contribution in [0.15, 0.2) is 0 Å². The molecule has 0 saturated carbocycles. The van der Waals surface area contributed by atoms with Crippen molar-refractivity contribution in [1.29, 1.82) is 0 Å². The molecular formula is C56H108F16O8Si2. The Hall–Kier alpha value is -1.01. The van der Waals surface area contributed by atoms with E-state index in [0.717, 1.165) is 32.1 Å². The number of hydrogen-bond acceptors (Lipinski definition) is 8. The van der Waals surface area contributed by atoms with Crippen LogP contribution in [0.1, 0.15) is 247 Å². The number of alkyl halides is 16. The third kappa shape index (κ3) is 40.4. The Balaban J connectivity index is -0.000000551. The van der Waals surface area contributed by atoms with Gasteiger partial charge in [0.15, 0.2) is 0 Å². The van der Waals surface area contributed by atoms with Gasteiger partial charge >= 0.3 is 66.0 Å². The molecule has 0 spiro atoms. The van der Waals surface area contributed by atoms with E-state index < -0.39 is 79.2 Å². The first-order valence-corrected chi connectivity index (χ1v) is 34.7. The van der Waals surface area contributed by atoms with Crippen molar-refractivity contribution >= 4 is 17.6 Å². The van der Waals surface area contributed by atoms with Crippen LogP contribution in [0.5, 0.6) is 0 Å². The molecule has 0 heterocycles. The summed E-state index contributed by atoms with van der Waals surface area (Å²) in [4.78, 5) is 0. The largest absolute Gasteiger partial charge is 0.679 e. The van der Waals surface area contributed by atoms with Gasteiger partial charge < -0.3 is 36.8 Å². The zero-order chi connectivity index (χ0) is 63.7. The van der Waals surface area contributed by atoms with Gasteiger partial charge in [0.2, 0.25) is 0 Å². The first-order chi connectivity index (χ1) is 38.4. The summed E-state index contributed by atoms with van der Waals surface area (Å²) in [7, 11) is -6.13. The Morgan fingerprint density at radius 3 is 0.805 bits per heavy atom. The van der Waals surface area contributed by atoms with Gasteiger partial charge in [0.05, 0.1) is 0 Å². The molecule has 2 N–H and O–H groups in total. The number of aliphatic hydroxyl groups excluding tert-OH is 2. The zero-order valence-electron chi connectivity index (χ0n) is 50.8. The predicted octanol–water partition coefficient (Wildman–Crippen LogP) is 20.1. The summed E-state index contributed by atoms with van der Waals surface area (Å²) in [5, 5.41) is 16.3. The van der Waals surface area contributed by atoms with Crippen molar-refractivity contribution in [3.63, 3.8) is 0 Å². The average Bonchev–Trinajstić information content (AvgIpc) is 3.40. The fourth-order valence-electron chi connectivity index (χ4n) is 7.84. The summed E-state index contributed by atoms with van der Waals surface area (Å²) in [6.45, 7) is 12.7. The second-order valence-electron chi connectivity index (χ2n) is 20.7. The highest BCUT2D eigenvalue weighted by Crippen LogP contribution is 2.49. The van der Waals surface area contributed by atoms with Crippen molar-refractivity contribution in [3.8, 4) is 0 Å². The molecular weight excluding hydrogens is 1160 g/mol.